The summed E-state index contributed by atoms with van der Waals surface area (Å²) in [5.74, 6) is -2.04. The molecule has 2 aromatic rings. The second-order valence-electron chi connectivity index (χ2n) is 3.81. The first-order valence-electron chi connectivity index (χ1n) is 5.41. The van der Waals surface area contributed by atoms with E-state index in [9.17, 15) is 17.6 Å². The third-order valence-corrected chi connectivity index (χ3v) is 3.08. The first-order valence-corrected chi connectivity index (χ1v) is 6.20. The molecule has 0 unspecified atom stereocenters. The monoisotopic (exact) mass is 349 g/mol. The Bertz CT molecular complexity index is 643. The molecule has 1 N–H and O–H groups in total. The molecule has 0 aliphatic rings. The van der Waals surface area contributed by atoms with Crippen LogP contribution in [0.15, 0.2) is 28.7 Å². The van der Waals surface area contributed by atoms with Gasteiger partial charge in [0.1, 0.15) is 11.6 Å². The molecule has 1 heterocycles. The maximum absolute atomic E-state index is 13.9. The second kappa shape index (κ2) is 5.35. The summed E-state index contributed by atoms with van der Waals surface area (Å²) < 4.78 is 52.3. The predicted molar refractivity (Wildman–Crippen MR) is 69.7 cm³/mol. The summed E-state index contributed by atoms with van der Waals surface area (Å²) in [5.41, 5.74) is -0.181. The van der Waals surface area contributed by atoms with Crippen molar-refractivity contribution in [2.75, 3.05) is 12.4 Å². The Morgan fingerprint density at radius 2 is 1.90 bits per heavy atom. The highest BCUT2D eigenvalue weighted by Gasteiger charge is 2.35. The van der Waals surface area contributed by atoms with Crippen LogP contribution in [-0.2, 0) is 6.18 Å². The van der Waals surface area contributed by atoms with Gasteiger partial charge >= 0.3 is 6.18 Å². The standard InChI is InChI=1S/C12H8BrF4N3/c1-18-9-5-8(19-11(20-9)12(15,16)17)6-3-2-4-7(13)10(6)14/h2-5H,1H3,(H,18,19,20). The molecular formula is C12H8BrF4N3. The number of nitrogens with zero attached hydrogens (tertiary/aromatic N) is 2. The maximum atomic E-state index is 13.9. The molecule has 20 heavy (non-hydrogen) atoms. The molecule has 0 saturated heterocycles. The summed E-state index contributed by atoms with van der Waals surface area (Å²) in [6, 6.07) is 5.56. The minimum atomic E-state index is -4.70. The van der Waals surface area contributed by atoms with E-state index in [-0.39, 0.29) is 21.5 Å². The average Bonchev–Trinajstić information content (AvgIpc) is 2.40. The Labute approximate surface area is 120 Å². The first kappa shape index (κ1) is 14.7. The second-order valence-corrected chi connectivity index (χ2v) is 4.67. The molecule has 0 amide bonds. The lowest BCUT2D eigenvalue weighted by Crippen LogP contribution is -2.13. The van der Waals surface area contributed by atoms with Crippen LogP contribution < -0.4 is 5.32 Å². The van der Waals surface area contributed by atoms with E-state index in [2.05, 4.69) is 31.2 Å². The Morgan fingerprint density at radius 1 is 1.20 bits per heavy atom. The largest absolute Gasteiger partial charge is 0.451 e. The van der Waals surface area contributed by atoms with Crippen molar-refractivity contribution in [3.05, 3.63) is 40.4 Å². The molecule has 106 valence electrons. The highest BCUT2D eigenvalue weighted by Crippen LogP contribution is 2.32. The van der Waals surface area contributed by atoms with Crippen molar-refractivity contribution >= 4 is 21.7 Å². The van der Waals surface area contributed by atoms with Gasteiger partial charge in [-0.05, 0) is 28.1 Å². The molecule has 0 fully saturated rings. The van der Waals surface area contributed by atoms with Gasteiger partial charge in [0.15, 0.2) is 0 Å². The fourth-order valence-electron chi connectivity index (χ4n) is 1.54. The summed E-state index contributed by atoms with van der Waals surface area (Å²) in [5, 5.41) is 2.50. The zero-order chi connectivity index (χ0) is 14.9. The highest BCUT2D eigenvalue weighted by molar-refractivity contribution is 9.10. The summed E-state index contributed by atoms with van der Waals surface area (Å²) in [4.78, 5) is 6.71. The van der Waals surface area contributed by atoms with Gasteiger partial charge in [-0.3, -0.25) is 0 Å². The highest BCUT2D eigenvalue weighted by atomic mass is 79.9. The van der Waals surface area contributed by atoms with Crippen molar-refractivity contribution in [2.24, 2.45) is 0 Å². The molecule has 0 bridgehead atoms. The zero-order valence-electron chi connectivity index (χ0n) is 10.1. The molecule has 0 aliphatic heterocycles. The van der Waals surface area contributed by atoms with Crippen LogP contribution in [0.1, 0.15) is 5.82 Å². The molecule has 1 aromatic heterocycles. The molecule has 0 saturated carbocycles. The van der Waals surface area contributed by atoms with Crippen LogP contribution in [0.25, 0.3) is 11.3 Å². The van der Waals surface area contributed by atoms with Crippen molar-refractivity contribution in [1.82, 2.24) is 9.97 Å². The Morgan fingerprint density at radius 3 is 2.50 bits per heavy atom. The van der Waals surface area contributed by atoms with Crippen molar-refractivity contribution in [3.63, 3.8) is 0 Å². The molecule has 3 nitrogen and oxygen atoms in total. The third-order valence-electron chi connectivity index (χ3n) is 2.46. The van der Waals surface area contributed by atoms with Crippen LogP contribution in [0.3, 0.4) is 0 Å². The Hall–Kier alpha value is -1.70. The average molecular weight is 350 g/mol. The normalized spacial score (nSPS) is 11.5. The summed E-state index contributed by atoms with van der Waals surface area (Å²) >= 11 is 2.98. The lowest BCUT2D eigenvalue weighted by Gasteiger charge is -2.11. The lowest BCUT2D eigenvalue weighted by atomic mass is 10.1. The molecular weight excluding hydrogens is 342 g/mol. The van der Waals surface area contributed by atoms with Crippen LogP contribution in [0.5, 0.6) is 0 Å². The van der Waals surface area contributed by atoms with Gasteiger partial charge in [0.05, 0.1) is 10.2 Å². The number of benzene rings is 1. The van der Waals surface area contributed by atoms with E-state index in [0.717, 1.165) is 0 Å². The summed E-state index contributed by atoms with van der Waals surface area (Å²) in [6.07, 6.45) is -4.70. The Kier molecular flexibility index (Phi) is 3.94. The number of halogens is 5. The minimum absolute atomic E-state index is 0.0382. The van der Waals surface area contributed by atoms with Crippen LogP contribution in [0.4, 0.5) is 23.4 Å². The number of rotatable bonds is 2. The molecule has 1 aromatic carbocycles. The van der Waals surface area contributed by atoms with E-state index in [1.54, 1.807) is 0 Å². The smallest absolute Gasteiger partial charge is 0.373 e. The van der Waals surface area contributed by atoms with Crippen LogP contribution >= 0.6 is 15.9 Å². The molecule has 0 atom stereocenters. The number of alkyl halides is 3. The fourth-order valence-corrected chi connectivity index (χ4v) is 1.91. The topological polar surface area (TPSA) is 37.8 Å². The Balaban J connectivity index is 2.65. The van der Waals surface area contributed by atoms with Crippen molar-refractivity contribution < 1.29 is 17.6 Å². The number of nitrogens with one attached hydrogen (secondary N) is 1. The van der Waals surface area contributed by atoms with E-state index >= 15 is 0 Å². The van der Waals surface area contributed by atoms with E-state index in [0.29, 0.717) is 0 Å². The van der Waals surface area contributed by atoms with Gasteiger partial charge in [-0.15, -0.1) is 0 Å². The number of hydrogen-bond acceptors (Lipinski definition) is 3. The van der Waals surface area contributed by atoms with Crippen molar-refractivity contribution in [1.29, 1.82) is 0 Å². The van der Waals surface area contributed by atoms with Crippen molar-refractivity contribution in [3.8, 4) is 11.3 Å². The van der Waals surface area contributed by atoms with Gasteiger partial charge in [-0.25, -0.2) is 14.4 Å². The van der Waals surface area contributed by atoms with E-state index < -0.39 is 17.8 Å². The van der Waals surface area contributed by atoms with Gasteiger partial charge in [-0.1, -0.05) is 6.07 Å². The van der Waals surface area contributed by atoms with Crippen LogP contribution in [0, 0.1) is 5.82 Å². The van der Waals surface area contributed by atoms with E-state index in [4.69, 9.17) is 0 Å². The fraction of sp³-hybridized carbons (Fsp3) is 0.167. The zero-order valence-corrected chi connectivity index (χ0v) is 11.7. The third kappa shape index (κ3) is 2.90. The van der Waals surface area contributed by atoms with Gasteiger partial charge in [0.2, 0.25) is 5.82 Å². The number of hydrogen-bond donors (Lipinski definition) is 1. The van der Waals surface area contributed by atoms with Gasteiger partial charge in [-0.2, -0.15) is 13.2 Å². The molecule has 0 aliphatic carbocycles. The SMILES string of the molecule is CNc1cc(-c2cccc(Br)c2F)nc(C(F)(F)F)n1. The maximum Gasteiger partial charge on any atom is 0.451 e. The van der Waals surface area contributed by atoms with Crippen molar-refractivity contribution in [2.45, 2.75) is 6.18 Å². The van der Waals surface area contributed by atoms with Gasteiger partial charge < -0.3 is 5.32 Å². The summed E-state index contributed by atoms with van der Waals surface area (Å²) in [7, 11) is 1.42. The molecule has 2 rings (SSSR count). The van der Waals surface area contributed by atoms with Crippen LogP contribution in [0.2, 0.25) is 0 Å². The van der Waals surface area contributed by atoms with E-state index in [1.807, 2.05) is 0 Å². The minimum Gasteiger partial charge on any atom is -0.373 e. The predicted octanol–water partition coefficient (Wildman–Crippen LogP) is 4.11. The van der Waals surface area contributed by atoms with Crippen LogP contribution in [-0.4, -0.2) is 17.0 Å². The molecule has 8 heteroatoms. The molecule has 0 radical (unpaired) electrons. The lowest BCUT2D eigenvalue weighted by molar-refractivity contribution is -0.144. The quantitative estimate of drug-likeness (QED) is 0.829. The van der Waals surface area contributed by atoms with Gasteiger partial charge in [0.25, 0.3) is 0 Å². The molecule has 0 spiro atoms. The van der Waals surface area contributed by atoms with Gasteiger partial charge in [0, 0.05) is 18.7 Å². The van der Waals surface area contributed by atoms with E-state index in [1.165, 1.54) is 31.3 Å². The number of anilines is 1. The summed E-state index contributed by atoms with van der Waals surface area (Å²) in [6.45, 7) is 0. The first-order chi connectivity index (χ1) is 9.32. The number of aromatic nitrogens is 2.